The van der Waals surface area contributed by atoms with Crippen molar-refractivity contribution in [3.05, 3.63) is 93.6 Å². The highest BCUT2D eigenvalue weighted by molar-refractivity contribution is 6.52. The van der Waals surface area contributed by atoms with E-state index in [0.717, 1.165) is 37.7 Å². The lowest BCUT2D eigenvalue weighted by Crippen LogP contribution is -2.37. The van der Waals surface area contributed by atoms with Gasteiger partial charge in [-0.15, -0.1) is 0 Å². The third-order valence-electron chi connectivity index (χ3n) is 8.79. The fourth-order valence-electron chi connectivity index (χ4n) is 6.64. The number of Topliss-reactive ketones (excluding diaryl/α,β-unsaturated/α-hetero) is 3. The number of allylic oxidation sites excluding steroid dienone is 5. The van der Waals surface area contributed by atoms with Gasteiger partial charge in [0, 0.05) is 34.5 Å². The van der Waals surface area contributed by atoms with Crippen LogP contribution in [0.25, 0.3) is 5.76 Å². The fraction of sp³-hybridized carbons (Fsp3) is 0.364. The topological polar surface area (TPSA) is 91.7 Å². The van der Waals surface area contributed by atoms with Crippen LogP contribution in [0.3, 0.4) is 0 Å². The molecule has 0 bridgehead atoms. The van der Waals surface area contributed by atoms with Gasteiger partial charge >= 0.3 is 0 Å². The normalized spacial score (nSPS) is 25.3. The summed E-state index contributed by atoms with van der Waals surface area (Å²) in [5.41, 5.74) is 5.97. The zero-order chi connectivity index (χ0) is 27.2. The Bertz CT molecular complexity index is 1440. The van der Waals surface area contributed by atoms with Crippen LogP contribution in [0.5, 0.6) is 5.75 Å². The SMILES string of the molecule is CC(C)=CCC1=C(O)c2ccccc2C(=O)C1=O.CC12CCC3C(=CCc4cc(O)ccc43)C1CCC2=O. The Labute approximate surface area is 223 Å². The van der Waals surface area contributed by atoms with Crippen molar-refractivity contribution < 1.29 is 24.6 Å². The van der Waals surface area contributed by atoms with Crippen LogP contribution in [-0.2, 0) is 16.0 Å². The number of phenolic OH excluding ortho intramolecular Hbond substituents is 1. The Morgan fingerprint density at radius 1 is 1.00 bits per heavy atom. The van der Waals surface area contributed by atoms with Crippen molar-refractivity contribution in [1.82, 2.24) is 0 Å². The summed E-state index contributed by atoms with van der Waals surface area (Å²) in [5, 5.41) is 19.7. The van der Waals surface area contributed by atoms with E-state index in [9.17, 15) is 24.6 Å². The zero-order valence-electron chi connectivity index (χ0n) is 22.2. The molecule has 4 aliphatic carbocycles. The predicted molar refractivity (Wildman–Crippen MR) is 147 cm³/mol. The first kappa shape index (κ1) is 25.9. The van der Waals surface area contributed by atoms with E-state index in [1.54, 1.807) is 30.3 Å². The van der Waals surface area contributed by atoms with Crippen molar-refractivity contribution >= 4 is 23.1 Å². The number of phenols is 1. The van der Waals surface area contributed by atoms with Gasteiger partial charge < -0.3 is 10.2 Å². The highest BCUT2D eigenvalue weighted by Gasteiger charge is 2.52. The molecule has 2 aromatic rings. The van der Waals surface area contributed by atoms with Crippen molar-refractivity contribution in [2.75, 3.05) is 0 Å². The molecule has 2 aromatic carbocycles. The molecule has 196 valence electrons. The predicted octanol–water partition coefficient (Wildman–Crippen LogP) is 6.81. The highest BCUT2D eigenvalue weighted by Crippen LogP contribution is 2.57. The van der Waals surface area contributed by atoms with Gasteiger partial charge in [0.15, 0.2) is 0 Å². The molecule has 0 heterocycles. The van der Waals surface area contributed by atoms with Gasteiger partial charge in [-0.3, -0.25) is 14.4 Å². The van der Waals surface area contributed by atoms with E-state index in [1.165, 1.54) is 16.7 Å². The van der Waals surface area contributed by atoms with Crippen LogP contribution in [0, 0.1) is 11.3 Å². The number of aliphatic hydroxyl groups is 1. The number of carbonyl (C=O) groups is 3. The van der Waals surface area contributed by atoms with Gasteiger partial charge in [-0.25, -0.2) is 0 Å². The molecule has 5 nitrogen and oxygen atoms in total. The van der Waals surface area contributed by atoms with Crippen molar-refractivity contribution in [2.45, 2.75) is 65.2 Å². The maximum absolute atomic E-state index is 12.2. The first-order chi connectivity index (χ1) is 18.1. The number of hydrogen-bond acceptors (Lipinski definition) is 5. The molecule has 0 saturated heterocycles. The maximum atomic E-state index is 12.2. The Hall–Kier alpha value is -3.73. The van der Waals surface area contributed by atoms with Crippen molar-refractivity contribution in [3.8, 4) is 5.75 Å². The number of carbonyl (C=O) groups excluding carboxylic acids is 3. The molecule has 38 heavy (non-hydrogen) atoms. The summed E-state index contributed by atoms with van der Waals surface area (Å²) in [6, 6.07) is 12.4. The van der Waals surface area contributed by atoms with E-state index in [0.29, 0.717) is 28.9 Å². The van der Waals surface area contributed by atoms with Crippen molar-refractivity contribution in [2.24, 2.45) is 11.3 Å². The number of aromatic hydroxyl groups is 1. The molecular weight excluding hydrogens is 476 g/mol. The monoisotopic (exact) mass is 510 g/mol. The van der Waals surface area contributed by atoms with Crippen LogP contribution >= 0.6 is 0 Å². The molecular formula is C33H34O5. The molecule has 0 aromatic heterocycles. The summed E-state index contributed by atoms with van der Waals surface area (Å²) in [6.07, 6.45) is 9.22. The zero-order valence-corrected chi connectivity index (χ0v) is 22.2. The molecule has 2 N–H and O–H groups in total. The summed E-state index contributed by atoms with van der Waals surface area (Å²) < 4.78 is 0. The van der Waals surface area contributed by atoms with Crippen LogP contribution in [0.4, 0.5) is 0 Å². The van der Waals surface area contributed by atoms with Gasteiger partial charge in [0.25, 0.3) is 0 Å². The molecule has 0 spiro atoms. The van der Waals surface area contributed by atoms with Crippen LogP contribution in [0.15, 0.2) is 71.3 Å². The summed E-state index contributed by atoms with van der Waals surface area (Å²) in [7, 11) is 0. The number of benzene rings is 2. The first-order valence-corrected chi connectivity index (χ1v) is 13.4. The minimum absolute atomic E-state index is 0.0762. The van der Waals surface area contributed by atoms with Crippen molar-refractivity contribution in [1.29, 1.82) is 0 Å². The Morgan fingerprint density at radius 3 is 2.47 bits per heavy atom. The summed E-state index contributed by atoms with van der Waals surface area (Å²) >= 11 is 0. The molecule has 2 fully saturated rings. The van der Waals surface area contributed by atoms with Gasteiger partial charge in [0.2, 0.25) is 11.6 Å². The van der Waals surface area contributed by atoms with E-state index >= 15 is 0 Å². The van der Waals surface area contributed by atoms with Gasteiger partial charge in [-0.05, 0) is 75.1 Å². The van der Waals surface area contributed by atoms with E-state index in [2.05, 4.69) is 19.1 Å². The van der Waals surface area contributed by atoms with E-state index < -0.39 is 11.6 Å². The average molecular weight is 511 g/mol. The summed E-state index contributed by atoms with van der Waals surface area (Å²) in [4.78, 5) is 36.1. The quantitative estimate of drug-likeness (QED) is 0.342. The smallest absolute Gasteiger partial charge is 0.234 e. The van der Waals surface area contributed by atoms with Gasteiger partial charge in [0.1, 0.15) is 17.3 Å². The molecule has 0 aliphatic heterocycles. The number of fused-ring (bicyclic) bond motifs is 6. The molecule has 3 atom stereocenters. The maximum Gasteiger partial charge on any atom is 0.234 e. The third kappa shape index (κ3) is 4.34. The lowest BCUT2D eigenvalue weighted by molar-refractivity contribution is -0.127. The summed E-state index contributed by atoms with van der Waals surface area (Å²) in [5.74, 6) is 0.534. The number of ketones is 3. The Morgan fingerprint density at radius 2 is 1.74 bits per heavy atom. The standard InChI is InChI=1S/C18H20O2.C15H14O3/c1-18-9-8-14-13-5-3-12(19)10-11(13)2-4-15(14)16(18)6-7-17(18)20;1-9(2)7-8-12-13(16)10-5-3-4-6-11(10)14(17)15(12)18/h3-5,10,14,16,19H,2,6-9H2,1H3;3-7,16H,8H2,1-2H3. The molecule has 3 unspecified atom stereocenters. The van der Waals surface area contributed by atoms with Crippen molar-refractivity contribution in [3.63, 3.8) is 0 Å². The van der Waals surface area contributed by atoms with E-state index in [4.69, 9.17) is 0 Å². The number of rotatable bonds is 2. The van der Waals surface area contributed by atoms with Crippen LogP contribution in [0.1, 0.15) is 85.8 Å². The first-order valence-electron chi connectivity index (χ1n) is 13.4. The average Bonchev–Trinajstić information content (AvgIpc) is 3.21. The molecule has 4 aliphatic rings. The van der Waals surface area contributed by atoms with Gasteiger partial charge in [0.05, 0.1) is 0 Å². The van der Waals surface area contributed by atoms with E-state index in [1.807, 2.05) is 26.0 Å². The lowest BCUT2D eigenvalue weighted by Gasteiger charge is -2.43. The van der Waals surface area contributed by atoms with Crippen LogP contribution in [-0.4, -0.2) is 27.6 Å². The van der Waals surface area contributed by atoms with E-state index in [-0.39, 0.29) is 28.7 Å². The minimum Gasteiger partial charge on any atom is -0.508 e. The van der Waals surface area contributed by atoms with Crippen LogP contribution in [0.2, 0.25) is 0 Å². The molecule has 6 rings (SSSR count). The lowest BCUT2D eigenvalue weighted by atomic mass is 9.60. The second-order valence-electron chi connectivity index (χ2n) is 11.3. The second kappa shape index (κ2) is 9.86. The third-order valence-corrected chi connectivity index (χ3v) is 8.79. The second-order valence-corrected chi connectivity index (χ2v) is 11.3. The molecule has 0 amide bonds. The van der Waals surface area contributed by atoms with Crippen LogP contribution < -0.4 is 0 Å². The largest absolute Gasteiger partial charge is 0.508 e. The number of aliphatic hydroxyl groups excluding tert-OH is 1. The molecule has 5 heteroatoms. The Balaban J connectivity index is 0.000000156. The number of hydrogen-bond donors (Lipinski definition) is 2. The van der Waals surface area contributed by atoms with Gasteiger partial charge in [-0.2, -0.15) is 0 Å². The Kier molecular flexibility index (Phi) is 6.72. The summed E-state index contributed by atoms with van der Waals surface area (Å²) in [6.45, 7) is 5.98. The molecule has 0 radical (unpaired) electrons. The van der Waals surface area contributed by atoms with Gasteiger partial charge in [-0.1, -0.05) is 60.6 Å². The highest BCUT2D eigenvalue weighted by atomic mass is 16.3. The molecule has 2 saturated carbocycles. The minimum atomic E-state index is -0.608. The fourth-order valence-corrected chi connectivity index (χ4v) is 6.64.